The molecule has 6 heteroatoms. The molecule has 4 nitrogen and oxygen atoms in total. The van der Waals surface area contributed by atoms with E-state index in [4.69, 9.17) is 5.11 Å². The van der Waals surface area contributed by atoms with Crippen LogP contribution in [-0.4, -0.2) is 34.0 Å². The Balaban J connectivity index is 2.25. The fourth-order valence-corrected chi connectivity index (χ4v) is 2.26. The number of aliphatic hydroxyl groups is 1. The molecule has 2 rings (SSSR count). The van der Waals surface area contributed by atoms with Crippen LogP contribution >= 0.6 is 15.9 Å². The number of benzene rings is 1. The fourth-order valence-electron chi connectivity index (χ4n) is 1.92. The Morgan fingerprint density at radius 2 is 2.05 bits per heavy atom. The van der Waals surface area contributed by atoms with Gasteiger partial charge in [0, 0.05) is 13.1 Å². The summed E-state index contributed by atoms with van der Waals surface area (Å²) in [6, 6.07) is 10.7. The molecule has 0 radical (unpaired) electrons. The summed E-state index contributed by atoms with van der Waals surface area (Å²) in [7, 11) is 0. The van der Waals surface area contributed by atoms with Crippen molar-refractivity contribution in [3.05, 3.63) is 64.1 Å². The van der Waals surface area contributed by atoms with Gasteiger partial charge in [-0.15, -0.1) is 0 Å². The number of aliphatic hydroxyl groups excluding tert-OH is 1. The van der Waals surface area contributed by atoms with Gasteiger partial charge >= 0.3 is 0 Å². The molecule has 0 fully saturated rings. The quantitative estimate of drug-likeness (QED) is 0.841. The van der Waals surface area contributed by atoms with Crippen molar-refractivity contribution in [3.8, 4) is 0 Å². The predicted octanol–water partition coefficient (Wildman–Crippen LogP) is 2.62. The minimum atomic E-state index is -0.681. The first kappa shape index (κ1) is 15.6. The van der Waals surface area contributed by atoms with Gasteiger partial charge in [-0.3, -0.25) is 4.79 Å². The highest BCUT2D eigenvalue weighted by Crippen LogP contribution is 2.16. The van der Waals surface area contributed by atoms with E-state index in [1.807, 2.05) is 30.3 Å². The average Bonchev–Trinajstić information content (AvgIpc) is 2.49. The normalized spacial score (nSPS) is 10.4. The lowest BCUT2D eigenvalue weighted by atomic mass is 10.1. The van der Waals surface area contributed by atoms with Crippen molar-refractivity contribution in [1.82, 2.24) is 9.88 Å². The first-order valence-corrected chi connectivity index (χ1v) is 7.16. The molecule has 0 aliphatic rings. The van der Waals surface area contributed by atoms with E-state index in [1.54, 1.807) is 0 Å². The zero-order valence-corrected chi connectivity index (χ0v) is 12.8. The van der Waals surface area contributed by atoms with Crippen LogP contribution in [0.15, 0.2) is 47.2 Å². The molecule has 0 atom stereocenters. The van der Waals surface area contributed by atoms with Gasteiger partial charge in [-0.1, -0.05) is 30.3 Å². The van der Waals surface area contributed by atoms with Crippen molar-refractivity contribution in [1.29, 1.82) is 0 Å². The third-order valence-electron chi connectivity index (χ3n) is 2.93. The SMILES string of the molecule is O=C(c1cc(Br)ncc1F)N(CCO)Cc1ccccc1. The molecule has 1 amide bonds. The molecular weight excluding hydrogens is 339 g/mol. The number of carbonyl (C=O) groups excluding carboxylic acids is 1. The standard InChI is InChI=1S/C15H14BrFN2O2/c16-14-8-12(13(17)9-18-14)15(21)19(6-7-20)10-11-4-2-1-3-5-11/h1-5,8-9,20H,6-7,10H2. The van der Waals surface area contributed by atoms with E-state index in [1.165, 1.54) is 11.0 Å². The van der Waals surface area contributed by atoms with Crippen LogP contribution in [0.1, 0.15) is 15.9 Å². The van der Waals surface area contributed by atoms with Crippen LogP contribution in [0.2, 0.25) is 0 Å². The van der Waals surface area contributed by atoms with Gasteiger partial charge in [0.2, 0.25) is 0 Å². The van der Waals surface area contributed by atoms with Gasteiger partial charge in [-0.2, -0.15) is 0 Å². The summed E-state index contributed by atoms with van der Waals surface area (Å²) in [5.74, 6) is -1.16. The van der Waals surface area contributed by atoms with Crippen LogP contribution in [0.5, 0.6) is 0 Å². The summed E-state index contributed by atoms with van der Waals surface area (Å²) in [6.45, 7) is 0.249. The number of aromatic nitrogens is 1. The number of pyridine rings is 1. The molecule has 1 aromatic heterocycles. The largest absolute Gasteiger partial charge is 0.395 e. The highest BCUT2D eigenvalue weighted by molar-refractivity contribution is 9.10. The molecule has 0 aliphatic heterocycles. The van der Waals surface area contributed by atoms with Crippen molar-refractivity contribution >= 4 is 21.8 Å². The maximum Gasteiger partial charge on any atom is 0.257 e. The lowest BCUT2D eigenvalue weighted by molar-refractivity contribution is 0.0703. The molecule has 110 valence electrons. The van der Waals surface area contributed by atoms with Crippen molar-refractivity contribution in [2.75, 3.05) is 13.2 Å². The molecule has 1 aromatic carbocycles. The molecule has 0 spiro atoms. The molecule has 1 N–H and O–H groups in total. The molecule has 2 aromatic rings. The summed E-state index contributed by atoms with van der Waals surface area (Å²) < 4.78 is 14.2. The van der Waals surface area contributed by atoms with E-state index in [2.05, 4.69) is 20.9 Å². The Morgan fingerprint density at radius 1 is 1.33 bits per heavy atom. The Kier molecular flexibility index (Phi) is 5.41. The topological polar surface area (TPSA) is 53.4 Å². The zero-order chi connectivity index (χ0) is 15.2. The summed E-state index contributed by atoms with van der Waals surface area (Å²) in [5, 5.41) is 9.13. The molecule has 21 heavy (non-hydrogen) atoms. The number of carbonyl (C=O) groups is 1. The number of amides is 1. The van der Waals surface area contributed by atoms with Gasteiger partial charge in [0.05, 0.1) is 18.4 Å². The Morgan fingerprint density at radius 3 is 2.71 bits per heavy atom. The Labute approximate surface area is 130 Å². The highest BCUT2D eigenvalue weighted by Gasteiger charge is 2.20. The fraction of sp³-hybridized carbons (Fsp3) is 0.200. The zero-order valence-electron chi connectivity index (χ0n) is 11.2. The highest BCUT2D eigenvalue weighted by atomic mass is 79.9. The molecule has 0 unspecified atom stereocenters. The average molecular weight is 353 g/mol. The van der Waals surface area contributed by atoms with Gasteiger partial charge < -0.3 is 10.0 Å². The van der Waals surface area contributed by atoms with E-state index in [0.717, 1.165) is 11.8 Å². The number of nitrogens with zero attached hydrogens (tertiary/aromatic N) is 2. The van der Waals surface area contributed by atoms with Crippen LogP contribution in [0, 0.1) is 5.82 Å². The number of hydrogen-bond acceptors (Lipinski definition) is 3. The third kappa shape index (κ3) is 4.09. The van der Waals surface area contributed by atoms with Crippen LogP contribution < -0.4 is 0 Å². The van der Waals surface area contributed by atoms with Crippen LogP contribution in [0.4, 0.5) is 4.39 Å². The Hall–Kier alpha value is -1.79. The van der Waals surface area contributed by atoms with Gasteiger partial charge in [0.25, 0.3) is 5.91 Å². The summed E-state index contributed by atoms with van der Waals surface area (Å²) >= 11 is 3.12. The van der Waals surface area contributed by atoms with Crippen molar-refractivity contribution < 1.29 is 14.3 Å². The van der Waals surface area contributed by atoms with E-state index < -0.39 is 11.7 Å². The minimum absolute atomic E-state index is 0.0683. The smallest absolute Gasteiger partial charge is 0.257 e. The van der Waals surface area contributed by atoms with Gasteiger partial charge in [0.1, 0.15) is 4.60 Å². The first-order valence-electron chi connectivity index (χ1n) is 6.37. The van der Waals surface area contributed by atoms with Gasteiger partial charge in [-0.05, 0) is 27.6 Å². The number of rotatable bonds is 5. The molecular formula is C15H14BrFN2O2. The lowest BCUT2D eigenvalue weighted by Gasteiger charge is -2.22. The summed E-state index contributed by atoms with van der Waals surface area (Å²) in [6.07, 6.45) is 0.997. The monoisotopic (exact) mass is 352 g/mol. The maximum absolute atomic E-state index is 13.8. The van der Waals surface area contributed by atoms with Crippen LogP contribution in [0.3, 0.4) is 0 Å². The van der Waals surface area contributed by atoms with Gasteiger partial charge in [-0.25, -0.2) is 9.37 Å². The second-order valence-electron chi connectivity index (χ2n) is 4.42. The van der Waals surface area contributed by atoms with E-state index >= 15 is 0 Å². The minimum Gasteiger partial charge on any atom is -0.395 e. The number of hydrogen-bond donors (Lipinski definition) is 1. The second-order valence-corrected chi connectivity index (χ2v) is 5.24. The second kappa shape index (κ2) is 7.28. The molecule has 0 saturated carbocycles. The lowest BCUT2D eigenvalue weighted by Crippen LogP contribution is -2.33. The van der Waals surface area contributed by atoms with E-state index in [9.17, 15) is 9.18 Å². The summed E-state index contributed by atoms with van der Waals surface area (Å²) in [4.78, 5) is 17.6. The van der Waals surface area contributed by atoms with Crippen molar-refractivity contribution in [3.63, 3.8) is 0 Å². The van der Waals surface area contributed by atoms with Crippen LogP contribution in [0.25, 0.3) is 0 Å². The predicted molar refractivity (Wildman–Crippen MR) is 80.2 cm³/mol. The maximum atomic E-state index is 13.8. The van der Waals surface area contributed by atoms with Gasteiger partial charge in [0.15, 0.2) is 5.82 Å². The van der Waals surface area contributed by atoms with E-state index in [0.29, 0.717) is 11.1 Å². The first-order chi connectivity index (χ1) is 10.1. The van der Waals surface area contributed by atoms with E-state index in [-0.39, 0.29) is 18.7 Å². The molecule has 0 bridgehead atoms. The van der Waals surface area contributed by atoms with Crippen LogP contribution in [-0.2, 0) is 6.54 Å². The van der Waals surface area contributed by atoms with Crippen molar-refractivity contribution in [2.45, 2.75) is 6.54 Å². The van der Waals surface area contributed by atoms with Crippen molar-refractivity contribution in [2.24, 2.45) is 0 Å². The summed E-state index contributed by atoms with van der Waals surface area (Å²) in [5.41, 5.74) is 0.842. The third-order valence-corrected chi connectivity index (χ3v) is 3.36. The molecule has 0 aliphatic carbocycles. The number of halogens is 2. The molecule has 0 saturated heterocycles. The Bertz CT molecular complexity index is 622. The molecule has 1 heterocycles.